The van der Waals surface area contributed by atoms with E-state index in [2.05, 4.69) is 25.2 Å². The molecule has 0 saturated heterocycles. The Hall–Kier alpha value is -2.46. The smallest absolute Gasteiger partial charge is 0.266 e. The third kappa shape index (κ3) is 2.85. The Kier molecular flexibility index (Phi) is 4.49. The van der Waals surface area contributed by atoms with Crippen molar-refractivity contribution in [1.29, 1.82) is 0 Å². The van der Waals surface area contributed by atoms with Gasteiger partial charge in [0, 0.05) is 0 Å². The van der Waals surface area contributed by atoms with Crippen LogP contribution in [0.2, 0.25) is 0 Å². The van der Waals surface area contributed by atoms with Gasteiger partial charge in [0.1, 0.15) is 5.82 Å². The van der Waals surface area contributed by atoms with Gasteiger partial charge < -0.3 is 5.32 Å². The van der Waals surface area contributed by atoms with Crippen LogP contribution in [0.3, 0.4) is 0 Å². The molecule has 1 atom stereocenters. The van der Waals surface area contributed by atoms with E-state index < -0.39 is 0 Å². The van der Waals surface area contributed by atoms with Crippen LogP contribution < -0.4 is 10.9 Å². The van der Waals surface area contributed by atoms with Crippen molar-refractivity contribution in [2.45, 2.75) is 33.7 Å². The van der Waals surface area contributed by atoms with Crippen molar-refractivity contribution >= 4 is 10.9 Å². The number of benzene rings is 2. The number of hydrogen-bond acceptors (Lipinski definition) is 3. The molecule has 0 unspecified atom stereocenters. The van der Waals surface area contributed by atoms with E-state index >= 15 is 0 Å². The van der Waals surface area contributed by atoms with E-state index in [-0.39, 0.29) is 11.6 Å². The van der Waals surface area contributed by atoms with Crippen molar-refractivity contribution in [3.63, 3.8) is 0 Å². The van der Waals surface area contributed by atoms with Crippen molar-refractivity contribution in [3.05, 3.63) is 69.8 Å². The lowest BCUT2D eigenvalue weighted by Gasteiger charge is -2.20. The predicted molar refractivity (Wildman–Crippen MR) is 98.9 cm³/mol. The zero-order valence-electron chi connectivity index (χ0n) is 14.6. The van der Waals surface area contributed by atoms with Crippen molar-refractivity contribution in [1.82, 2.24) is 14.9 Å². The summed E-state index contributed by atoms with van der Waals surface area (Å²) in [6.45, 7) is 9.00. The van der Waals surface area contributed by atoms with Gasteiger partial charge in [-0.2, -0.15) is 0 Å². The molecular formula is C20H23N3O. The Bertz CT molecular complexity index is 943. The first-order valence-electron chi connectivity index (χ1n) is 8.35. The topological polar surface area (TPSA) is 46.9 Å². The van der Waals surface area contributed by atoms with E-state index in [4.69, 9.17) is 4.98 Å². The normalized spacial score (nSPS) is 12.5. The van der Waals surface area contributed by atoms with E-state index in [1.54, 1.807) is 4.57 Å². The van der Waals surface area contributed by atoms with Crippen LogP contribution in [-0.2, 0) is 0 Å². The Balaban J connectivity index is 2.37. The largest absolute Gasteiger partial charge is 0.308 e. The highest BCUT2D eigenvalue weighted by Gasteiger charge is 2.18. The number of nitrogens with one attached hydrogen (secondary N) is 1. The molecule has 124 valence electrons. The molecule has 3 aromatic rings. The van der Waals surface area contributed by atoms with Gasteiger partial charge in [0.15, 0.2) is 0 Å². The molecule has 0 radical (unpaired) electrons. The quantitative estimate of drug-likeness (QED) is 0.797. The molecule has 1 heterocycles. The van der Waals surface area contributed by atoms with Gasteiger partial charge in [-0.15, -0.1) is 0 Å². The summed E-state index contributed by atoms with van der Waals surface area (Å²) in [5.41, 5.74) is 3.86. The first kappa shape index (κ1) is 16.4. The van der Waals surface area contributed by atoms with Gasteiger partial charge in [0.25, 0.3) is 5.56 Å². The fraction of sp³-hybridized carbons (Fsp3) is 0.300. The second-order valence-electron chi connectivity index (χ2n) is 6.20. The van der Waals surface area contributed by atoms with Crippen LogP contribution in [0.5, 0.6) is 0 Å². The summed E-state index contributed by atoms with van der Waals surface area (Å²) in [6, 6.07) is 13.6. The van der Waals surface area contributed by atoms with E-state index in [0.717, 1.165) is 29.1 Å². The zero-order chi connectivity index (χ0) is 17.3. The first-order valence-corrected chi connectivity index (χ1v) is 8.35. The second-order valence-corrected chi connectivity index (χ2v) is 6.20. The summed E-state index contributed by atoms with van der Waals surface area (Å²) in [6.07, 6.45) is 0. The SMILES string of the molecule is CCN[C@H](C)c1nc2ccccc2c(=O)n1-c1ccc(C)cc1C. The van der Waals surface area contributed by atoms with E-state index in [9.17, 15) is 4.79 Å². The molecular weight excluding hydrogens is 298 g/mol. The average Bonchev–Trinajstić information content (AvgIpc) is 2.56. The molecule has 24 heavy (non-hydrogen) atoms. The summed E-state index contributed by atoms with van der Waals surface area (Å²) in [5, 5.41) is 4.02. The third-order valence-electron chi connectivity index (χ3n) is 4.29. The predicted octanol–water partition coefficient (Wildman–Crippen LogP) is 3.67. The first-order chi connectivity index (χ1) is 11.5. The van der Waals surface area contributed by atoms with E-state index in [1.165, 1.54) is 5.56 Å². The zero-order valence-corrected chi connectivity index (χ0v) is 14.6. The molecule has 0 amide bonds. The number of aryl methyl sites for hydroxylation is 2. The number of fused-ring (bicyclic) bond motifs is 1. The van der Waals surface area contributed by atoms with Crippen LogP contribution in [-0.4, -0.2) is 16.1 Å². The standard InChI is InChI=1S/C20H23N3O/c1-5-21-15(4)19-22-17-9-7-6-8-16(17)20(24)23(19)18-11-10-13(2)12-14(18)3/h6-12,15,21H,5H2,1-4H3/t15-/m1/s1. The summed E-state index contributed by atoms with van der Waals surface area (Å²) in [5.74, 6) is 0.743. The molecule has 1 aromatic heterocycles. The summed E-state index contributed by atoms with van der Waals surface area (Å²) < 4.78 is 1.75. The molecule has 0 fully saturated rings. The molecule has 0 saturated carbocycles. The average molecular weight is 321 g/mol. The van der Waals surface area contributed by atoms with Crippen LogP contribution in [0.4, 0.5) is 0 Å². The monoisotopic (exact) mass is 321 g/mol. The fourth-order valence-electron chi connectivity index (χ4n) is 3.13. The van der Waals surface area contributed by atoms with Crippen molar-refractivity contribution in [2.24, 2.45) is 0 Å². The Morgan fingerprint density at radius 3 is 2.62 bits per heavy atom. The Morgan fingerprint density at radius 1 is 1.17 bits per heavy atom. The minimum Gasteiger partial charge on any atom is -0.308 e. The summed E-state index contributed by atoms with van der Waals surface area (Å²) in [4.78, 5) is 18.0. The maximum atomic E-state index is 13.2. The highest BCUT2D eigenvalue weighted by Crippen LogP contribution is 2.21. The number of hydrogen-bond donors (Lipinski definition) is 1. The molecule has 2 aromatic carbocycles. The van der Waals surface area contributed by atoms with Crippen molar-refractivity contribution in [3.8, 4) is 5.69 Å². The van der Waals surface area contributed by atoms with Crippen LogP contribution in [0.25, 0.3) is 16.6 Å². The fourth-order valence-corrected chi connectivity index (χ4v) is 3.13. The molecule has 4 nitrogen and oxygen atoms in total. The van der Waals surface area contributed by atoms with Crippen LogP contribution >= 0.6 is 0 Å². The molecule has 0 aliphatic heterocycles. The molecule has 0 aliphatic carbocycles. The lowest BCUT2D eigenvalue weighted by Crippen LogP contribution is -2.30. The molecule has 1 N–H and O–H groups in total. The van der Waals surface area contributed by atoms with Gasteiger partial charge in [-0.1, -0.05) is 36.8 Å². The van der Waals surface area contributed by atoms with Gasteiger partial charge in [0.2, 0.25) is 0 Å². The summed E-state index contributed by atoms with van der Waals surface area (Å²) >= 11 is 0. The van der Waals surface area contributed by atoms with Crippen LogP contribution in [0, 0.1) is 13.8 Å². The van der Waals surface area contributed by atoms with Gasteiger partial charge in [-0.3, -0.25) is 9.36 Å². The number of rotatable bonds is 4. The maximum absolute atomic E-state index is 13.2. The highest BCUT2D eigenvalue weighted by atomic mass is 16.1. The lowest BCUT2D eigenvalue weighted by atomic mass is 10.1. The molecule has 0 aliphatic rings. The maximum Gasteiger partial charge on any atom is 0.266 e. The lowest BCUT2D eigenvalue weighted by molar-refractivity contribution is 0.550. The minimum absolute atomic E-state index is 0.0204. The van der Waals surface area contributed by atoms with Crippen molar-refractivity contribution in [2.75, 3.05) is 6.54 Å². The second kappa shape index (κ2) is 6.57. The Labute approximate surface area is 142 Å². The van der Waals surface area contributed by atoms with Gasteiger partial charge >= 0.3 is 0 Å². The van der Waals surface area contributed by atoms with Gasteiger partial charge in [-0.25, -0.2) is 4.98 Å². The van der Waals surface area contributed by atoms with Gasteiger partial charge in [0.05, 0.1) is 22.6 Å². The highest BCUT2D eigenvalue weighted by molar-refractivity contribution is 5.78. The number of para-hydroxylation sites is 1. The Morgan fingerprint density at radius 2 is 1.92 bits per heavy atom. The molecule has 0 spiro atoms. The molecule has 0 bridgehead atoms. The summed E-state index contributed by atoms with van der Waals surface area (Å²) in [7, 11) is 0. The number of aromatic nitrogens is 2. The van der Waals surface area contributed by atoms with E-state index in [0.29, 0.717) is 5.39 Å². The minimum atomic E-state index is -0.0210. The molecule has 3 rings (SSSR count). The third-order valence-corrected chi connectivity index (χ3v) is 4.29. The van der Waals surface area contributed by atoms with Crippen LogP contribution in [0.1, 0.15) is 36.8 Å². The van der Waals surface area contributed by atoms with E-state index in [1.807, 2.05) is 50.2 Å². The van der Waals surface area contributed by atoms with Gasteiger partial charge in [-0.05, 0) is 51.1 Å². The van der Waals surface area contributed by atoms with Crippen molar-refractivity contribution < 1.29 is 0 Å². The molecule has 4 heteroatoms. The number of nitrogens with zero attached hydrogens (tertiary/aromatic N) is 2. The van der Waals surface area contributed by atoms with Crippen LogP contribution in [0.15, 0.2) is 47.3 Å².